The highest BCUT2D eigenvalue weighted by atomic mass is 32.1. The molecular formula is C16H23N4OS2+. The van der Waals surface area contributed by atoms with Gasteiger partial charge >= 0.3 is 0 Å². The third-order valence-electron chi connectivity index (χ3n) is 4.27. The molecule has 2 aromatic rings. The first-order chi connectivity index (χ1) is 11.0. The van der Waals surface area contributed by atoms with E-state index < -0.39 is 0 Å². The van der Waals surface area contributed by atoms with Crippen LogP contribution >= 0.6 is 23.6 Å². The summed E-state index contributed by atoms with van der Waals surface area (Å²) in [5, 5.41) is 18.4. The van der Waals surface area contributed by atoms with Crippen LogP contribution in [0.15, 0.2) is 18.2 Å². The van der Waals surface area contributed by atoms with E-state index >= 15 is 0 Å². The molecule has 0 aliphatic carbocycles. The van der Waals surface area contributed by atoms with Gasteiger partial charge < -0.3 is 15.3 Å². The number of rotatable bonds is 4. The maximum absolute atomic E-state index is 9.60. The zero-order valence-electron chi connectivity index (χ0n) is 13.5. The molecular weight excluding hydrogens is 328 g/mol. The molecule has 124 valence electrons. The highest BCUT2D eigenvalue weighted by molar-refractivity contribution is 7.73. The summed E-state index contributed by atoms with van der Waals surface area (Å²) < 4.78 is 2.69. The van der Waals surface area contributed by atoms with Gasteiger partial charge in [-0.3, -0.25) is 0 Å². The molecule has 0 unspecified atom stereocenters. The minimum Gasteiger partial charge on any atom is -0.393 e. The fraction of sp³-hybridized carbons (Fsp3) is 0.500. The summed E-state index contributed by atoms with van der Waals surface area (Å²) in [6.07, 6.45) is 1.59. The van der Waals surface area contributed by atoms with Crippen molar-refractivity contribution in [3.63, 3.8) is 0 Å². The number of hydrogen-bond acceptors (Lipinski definition) is 5. The van der Waals surface area contributed by atoms with Crippen LogP contribution in [-0.4, -0.2) is 34.1 Å². The number of aryl methyl sites for hydroxylation is 2. The van der Waals surface area contributed by atoms with Gasteiger partial charge in [0.1, 0.15) is 0 Å². The van der Waals surface area contributed by atoms with Gasteiger partial charge in [-0.25, -0.2) is 0 Å². The van der Waals surface area contributed by atoms with E-state index in [1.807, 2.05) is 4.68 Å². The van der Waals surface area contributed by atoms with Gasteiger partial charge in [-0.15, -0.1) is 5.10 Å². The van der Waals surface area contributed by atoms with Gasteiger partial charge in [-0.05, 0) is 37.7 Å². The van der Waals surface area contributed by atoms with Gasteiger partial charge in [-0.1, -0.05) is 29.0 Å². The standard InChI is InChI=1S/C16H22N4OS2/c1-11-3-4-14(12(2)9-11)17-15-18-20(16(22)23-15)10-19-7-5-13(21)6-8-19/h3-4,9,13,21H,5-8,10H2,1-2H3,(H,17,18)/p+1. The van der Waals surface area contributed by atoms with Crippen LogP contribution < -0.4 is 10.2 Å². The van der Waals surface area contributed by atoms with E-state index in [4.69, 9.17) is 12.2 Å². The van der Waals surface area contributed by atoms with Crippen molar-refractivity contribution in [3.05, 3.63) is 33.3 Å². The zero-order valence-corrected chi connectivity index (χ0v) is 15.1. The molecule has 1 aliphatic rings. The first-order valence-electron chi connectivity index (χ1n) is 7.95. The Morgan fingerprint density at radius 3 is 2.83 bits per heavy atom. The number of piperidine rings is 1. The van der Waals surface area contributed by atoms with Crippen LogP contribution in [0.4, 0.5) is 10.8 Å². The van der Waals surface area contributed by atoms with Crippen LogP contribution in [0.5, 0.6) is 0 Å². The second-order valence-electron chi connectivity index (χ2n) is 6.26. The lowest BCUT2D eigenvalue weighted by atomic mass is 10.1. The molecule has 1 aromatic heterocycles. The SMILES string of the molecule is Cc1ccc(Nc2nn(C[NH+]3CCC(O)CC3)c(=S)s2)c(C)c1. The van der Waals surface area contributed by atoms with Crippen molar-refractivity contribution in [2.75, 3.05) is 18.4 Å². The van der Waals surface area contributed by atoms with Crippen LogP contribution in [0, 0.1) is 17.8 Å². The lowest BCUT2D eigenvalue weighted by Crippen LogP contribution is -3.12. The molecule has 2 heterocycles. The molecule has 1 aliphatic heterocycles. The van der Waals surface area contributed by atoms with Crippen LogP contribution in [0.25, 0.3) is 0 Å². The van der Waals surface area contributed by atoms with E-state index in [0.29, 0.717) is 0 Å². The minimum absolute atomic E-state index is 0.135. The third kappa shape index (κ3) is 4.17. The Morgan fingerprint density at radius 2 is 2.13 bits per heavy atom. The van der Waals surface area contributed by atoms with Crippen molar-refractivity contribution in [2.24, 2.45) is 0 Å². The van der Waals surface area contributed by atoms with Gasteiger partial charge in [0, 0.05) is 18.5 Å². The van der Waals surface area contributed by atoms with E-state index in [2.05, 4.69) is 42.5 Å². The smallest absolute Gasteiger partial charge is 0.209 e. The van der Waals surface area contributed by atoms with E-state index in [0.717, 1.165) is 47.4 Å². The summed E-state index contributed by atoms with van der Waals surface area (Å²) in [5.41, 5.74) is 3.52. The number of aromatic nitrogens is 2. The first-order valence-corrected chi connectivity index (χ1v) is 9.17. The quantitative estimate of drug-likeness (QED) is 0.738. The van der Waals surface area contributed by atoms with Gasteiger partial charge in [0.15, 0.2) is 10.6 Å². The molecule has 7 heteroatoms. The molecule has 3 rings (SSSR count). The summed E-state index contributed by atoms with van der Waals surface area (Å²) in [7, 11) is 0. The number of quaternary nitrogens is 1. The summed E-state index contributed by atoms with van der Waals surface area (Å²) in [6, 6.07) is 6.33. The summed E-state index contributed by atoms with van der Waals surface area (Å²) in [6.45, 7) is 6.90. The Hall–Kier alpha value is -1.28. The number of likely N-dealkylation sites (tertiary alicyclic amines) is 1. The first kappa shape index (κ1) is 16.6. The number of nitrogens with one attached hydrogen (secondary N) is 2. The van der Waals surface area contributed by atoms with Crippen molar-refractivity contribution in [1.29, 1.82) is 0 Å². The van der Waals surface area contributed by atoms with Gasteiger partial charge in [0.05, 0.1) is 19.2 Å². The van der Waals surface area contributed by atoms with Crippen LogP contribution in [0.2, 0.25) is 0 Å². The highest BCUT2D eigenvalue weighted by Gasteiger charge is 2.21. The Balaban J connectivity index is 1.69. The zero-order chi connectivity index (χ0) is 16.4. The molecule has 1 fully saturated rings. The Bertz CT molecular complexity index is 732. The normalized spacial score (nSPS) is 21.3. The average molecular weight is 352 g/mol. The van der Waals surface area contributed by atoms with Crippen molar-refractivity contribution in [3.8, 4) is 0 Å². The molecule has 0 saturated carbocycles. The largest absolute Gasteiger partial charge is 0.393 e. The number of aliphatic hydroxyl groups is 1. The number of hydrogen-bond donors (Lipinski definition) is 3. The molecule has 0 radical (unpaired) electrons. The van der Waals surface area contributed by atoms with Crippen molar-refractivity contribution >= 4 is 34.4 Å². The Labute approximate surface area is 145 Å². The monoisotopic (exact) mass is 351 g/mol. The average Bonchev–Trinajstić information content (AvgIpc) is 2.84. The maximum Gasteiger partial charge on any atom is 0.209 e. The molecule has 0 spiro atoms. The number of aliphatic hydroxyl groups excluding tert-OH is 1. The third-order valence-corrected chi connectivity index (χ3v) is 5.49. The molecule has 23 heavy (non-hydrogen) atoms. The molecule has 0 bridgehead atoms. The lowest BCUT2D eigenvalue weighted by Gasteiger charge is -2.26. The predicted octanol–water partition coefficient (Wildman–Crippen LogP) is 2.03. The minimum atomic E-state index is -0.135. The summed E-state index contributed by atoms with van der Waals surface area (Å²) in [4.78, 5) is 1.43. The molecule has 5 nitrogen and oxygen atoms in total. The fourth-order valence-corrected chi connectivity index (χ4v) is 3.93. The van der Waals surface area contributed by atoms with Crippen molar-refractivity contribution in [2.45, 2.75) is 39.5 Å². The highest BCUT2D eigenvalue weighted by Crippen LogP contribution is 2.23. The van der Waals surface area contributed by atoms with Crippen molar-refractivity contribution < 1.29 is 10.0 Å². The maximum atomic E-state index is 9.60. The molecule has 0 atom stereocenters. The molecule has 1 aromatic carbocycles. The van der Waals surface area contributed by atoms with Crippen LogP contribution in [0.3, 0.4) is 0 Å². The summed E-state index contributed by atoms with van der Waals surface area (Å²) >= 11 is 6.95. The lowest BCUT2D eigenvalue weighted by molar-refractivity contribution is -0.929. The number of benzene rings is 1. The second-order valence-corrected chi connectivity index (χ2v) is 7.88. The fourth-order valence-electron chi connectivity index (χ4n) is 2.91. The Kier molecular flexibility index (Phi) is 5.11. The molecule has 0 amide bonds. The van der Waals surface area contributed by atoms with Gasteiger partial charge in [-0.2, -0.15) is 4.68 Å². The van der Waals surface area contributed by atoms with E-state index in [1.165, 1.54) is 27.4 Å². The summed E-state index contributed by atoms with van der Waals surface area (Å²) in [5.74, 6) is 0. The van der Waals surface area contributed by atoms with E-state index in [1.54, 1.807) is 0 Å². The van der Waals surface area contributed by atoms with E-state index in [-0.39, 0.29) is 6.10 Å². The van der Waals surface area contributed by atoms with Gasteiger partial charge in [0.2, 0.25) is 5.13 Å². The Morgan fingerprint density at radius 1 is 1.39 bits per heavy atom. The van der Waals surface area contributed by atoms with Gasteiger partial charge in [0.25, 0.3) is 0 Å². The van der Waals surface area contributed by atoms with E-state index in [9.17, 15) is 5.11 Å². The second kappa shape index (κ2) is 7.09. The number of anilines is 2. The topological polar surface area (TPSA) is 54.5 Å². The van der Waals surface area contributed by atoms with Crippen molar-refractivity contribution in [1.82, 2.24) is 9.78 Å². The predicted molar refractivity (Wildman–Crippen MR) is 96.1 cm³/mol. The molecule has 3 N–H and O–H groups in total. The van der Waals surface area contributed by atoms with Crippen LogP contribution in [-0.2, 0) is 6.67 Å². The number of nitrogens with zero attached hydrogens (tertiary/aromatic N) is 2. The molecule has 1 saturated heterocycles. The van der Waals surface area contributed by atoms with Crippen LogP contribution in [0.1, 0.15) is 24.0 Å².